The van der Waals surface area contributed by atoms with Gasteiger partial charge in [0.25, 0.3) is 0 Å². The van der Waals surface area contributed by atoms with Crippen LogP contribution < -0.4 is 0 Å². The summed E-state index contributed by atoms with van der Waals surface area (Å²) in [6, 6.07) is 1.65. The fourth-order valence-electron chi connectivity index (χ4n) is 3.12. The van der Waals surface area contributed by atoms with Crippen LogP contribution >= 0.6 is 22.9 Å². The molecule has 1 N–H and O–H groups in total. The van der Waals surface area contributed by atoms with Gasteiger partial charge in [0.05, 0.1) is 10.9 Å². The smallest absolute Gasteiger partial charge is 0.165 e. The van der Waals surface area contributed by atoms with Crippen LogP contribution in [0.1, 0.15) is 50.5 Å². The van der Waals surface area contributed by atoms with Crippen LogP contribution in [-0.4, -0.2) is 11.7 Å². The van der Waals surface area contributed by atoms with Crippen molar-refractivity contribution in [1.29, 1.82) is 0 Å². The first-order chi connectivity index (χ1) is 9.75. The summed E-state index contributed by atoms with van der Waals surface area (Å²) in [5.74, 6) is -0.377. The Bertz CT molecular complexity index is 542. The molecule has 0 unspecified atom stereocenters. The summed E-state index contributed by atoms with van der Waals surface area (Å²) in [4.78, 5) is 0.843. The van der Waals surface area contributed by atoms with Crippen LogP contribution in [0.3, 0.4) is 0 Å². The molecule has 5 heteroatoms. The summed E-state index contributed by atoms with van der Waals surface area (Å²) in [5, 5.41) is 10.6. The summed E-state index contributed by atoms with van der Waals surface area (Å²) in [5.41, 5.74) is -1.75. The molecule has 0 saturated heterocycles. The molecule has 0 aromatic carbocycles. The van der Waals surface area contributed by atoms with Crippen molar-refractivity contribution >= 4 is 22.9 Å². The summed E-state index contributed by atoms with van der Waals surface area (Å²) in [7, 11) is 0. The van der Waals surface area contributed by atoms with E-state index in [0.717, 1.165) is 24.1 Å². The molecular formula is C16H22ClFO2S. The summed E-state index contributed by atoms with van der Waals surface area (Å²) in [6.07, 6.45) is 2.58. The minimum atomic E-state index is -1.78. The average molecular weight is 333 g/mol. The minimum Gasteiger partial charge on any atom is -0.375 e. The van der Waals surface area contributed by atoms with E-state index in [1.54, 1.807) is 6.07 Å². The van der Waals surface area contributed by atoms with Crippen molar-refractivity contribution in [2.24, 2.45) is 5.92 Å². The molecule has 0 aliphatic carbocycles. The van der Waals surface area contributed by atoms with Gasteiger partial charge in [-0.1, -0.05) is 45.4 Å². The summed E-state index contributed by atoms with van der Waals surface area (Å²) < 4.78 is 20.4. The highest BCUT2D eigenvalue weighted by atomic mass is 35.5. The van der Waals surface area contributed by atoms with Crippen molar-refractivity contribution in [2.45, 2.75) is 51.2 Å². The Morgan fingerprint density at radius 3 is 2.81 bits per heavy atom. The summed E-state index contributed by atoms with van der Waals surface area (Å²) >= 11 is 7.52. The second-order valence-corrected chi connectivity index (χ2v) is 7.87. The highest BCUT2D eigenvalue weighted by Crippen LogP contribution is 2.52. The zero-order chi connectivity index (χ0) is 15.8. The predicted molar refractivity (Wildman–Crippen MR) is 85.5 cm³/mol. The van der Waals surface area contributed by atoms with E-state index in [9.17, 15) is 9.50 Å². The Balaban J connectivity index is 2.58. The number of rotatable bonds is 5. The monoisotopic (exact) mass is 332 g/mol. The molecule has 0 spiro atoms. The maximum atomic E-state index is 13.8. The van der Waals surface area contributed by atoms with Gasteiger partial charge in [0.15, 0.2) is 5.60 Å². The predicted octanol–water partition coefficient (Wildman–Crippen LogP) is 5.14. The molecule has 0 radical (unpaired) electrons. The van der Waals surface area contributed by atoms with Crippen LogP contribution in [0.25, 0.3) is 0 Å². The van der Waals surface area contributed by atoms with Gasteiger partial charge >= 0.3 is 0 Å². The maximum absolute atomic E-state index is 13.8. The Hall–Kier alpha value is -0.420. The zero-order valence-electron chi connectivity index (χ0n) is 12.7. The van der Waals surface area contributed by atoms with E-state index >= 15 is 0 Å². The molecule has 2 heterocycles. The van der Waals surface area contributed by atoms with Gasteiger partial charge in [-0.05, 0) is 24.8 Å². The van der Waals surface area contributed by atoms with E-state index in [0.29, 0.717) is 15.8 Å². The lowest BCUT2D eigenvalue weighted by Gasteiger charge is -2.44. The van der Waals surface area contributed by atoms with Gasteiger partial charge in [0, 0.05) is 10.4 Å². The third-order valence-corrected chi connectivity index (χ3v) is 5.41. The van der Waals surface area contributed by atoms with Crippen LogP contribution in [0, 0.1) is 5.92 Å². The highest BCUT2D eigenvalue weighted by Gasteiger charge is 2.50. The molecule has 0 bridgehead atoms. The largest absolute Gasteiger partial charge is 0.375 e. The molecule has 1 aliphatic heterocycles. The normalized spacial score (nSPS) is 28.7. The summed E-state index contributed by atoms with van der Waals surface area (Å²) in [6.45, 7) is 9.51. The maximum Gasteiger partial charge on any atom is 0.165 e. The van der Waals surface area contributed by atoms with Crippen molar-refractivity contribution in [2.75, 3.05) is 6.61 Å². The quantitative estimate of drug-likeness (QED) is 0.808. The highest BCUT2D eigenvalue weighted by molar-refractivity contribution is 7.16. The van der Waals surface area contributed by atoms with E-state index in [-0.39, 0.29) is 6.61 Å². The Morgan fingerprint density at radius 2 is 2.29 bits per heavy atom. The van der Waals surface area contributed by atoms with Gasteiger partial charge < -0.3 is 9.84 Å². The second kappa shape index (κ2) is 5.99. The number of thiophene rings is 1. The van der Waals surface area contributed by atoms with E-state index in [1.807, 2.05) is 0 Å². The lowest BCUT2D eigenvalue weighted by atomic mass is 9.79. The van der Waals surface area contributed by atoms with Crippen molar-refractivity contribution in [1.82, 2.24) is 0 Å². The van der Waals surface area contributed by atoms with Crippen LogP contribution in [0.5, 0.6) is 0 Å². The molecule has 0 fully saturated rings. The number of ether oxygens (including phenoxy) is 1. The third-order valence-electron chi connectivity index (χ3n) is 3.96. The molecule has 118 valence electrons. The molecule has 1 aromatic rings. The van der Waals surface area contributed by atoms with Crippen LogP contribution in [0.2, 0.25) is 4.34 Å². The molecular weight excluding hydrogens is 311 g/mol. The first-order valence-electron chi connectivity index (χ1n) is 7.26. The lowest BCUT2D eigenvalue weighted by Crippen LogP contribution is -2.46. The Kier molecular flexibility index (Phi) is 4.84. The number of hydrogen-bond donors (Lipinski definition) is 1. The number of halogens is 2. The van der Waals surface area contributed by atoms with E-state index in [1.165, 1.54) is 11.3 Å². The van der Waals surface area contributed by atoms with Gasteiger partial charge in [-0.25, -0.2) is 4.39 Å². The number of hydrogen-bond acceptors (Lipinski definition) is 3. The molecule has 2 atom stereocenters. The fourth-order valence-corrected chi connectivity index (χ4v) is 4.60. The van der Waals surface area contributed by atoms with E-state index < -0.39 is 17.0 Å². The standard InChI is InChI=1S/C16H22ClFO2S/c1-5-6-15(8-10(2)3)14-12(7-13(17)21-14)16(19,9-20-15)11(4)18/h7,10,19H,4-6,8-9H2,1-3H3/t15-,16-/m1/s1. The van der Waals surface area contributed by atoms with Gasteiger partial charge in [-0.3, -0.25) is 0 Å². The SMILES string of the molecule is C=C(F)[C@]1(O)CO[C@](CCC)(CC(C)C)c2sc(Cl)cc21. The molecule has 1 aromatic heterocycles. The number of aliphatic hydroxyl groups is 1. The van der Waals surface area contributed by atoms with Crippen molar-refractivity contribution in [3.63, 3.8) is 0 Å². The third kappa shape index (κ3) is 2.91. The topological polar surface area (TPSA) is 29.5 Å². The molecule has 1 aliphatic rings. The molecule has 0 amide bonds. The van der Waals surface area contributed by atoms with Gasteiger partial charge in [-0.15, -0.1) is 11.3 Å². The minimum absolute atomic E-state index is 0.116. The van der Waals surface area contributed by atoms with Crippen molar-refractivity contribution in [3.05, 3.63) is 33.2 Å². The van der Waals surface area contributed by atoms with Crippen LogP contribution in [0.4, 0.5) is 4.39 Å². The first kappa shape index (κ1) is 16.9. The molecule has 21 heavy (non-hydrogen) atoms. The van der Waals surface area contributed by atoms with Gasteiger partial charge in [0.1, 0.15) is 11.4 Å². The zero-order valence-corrected chi connectivity index (χ0v) is 14.3. The average Bonchev–Trinajstić information content (AvgIpc) is 2.77. The Labute approximate surface area is 134 Å². The number of fused-ring (bicyclic) bond motifs is 1. The lowest BCUT2D eigenvalue weighted by molar-refractivity contribution is -0.149. The van der Waals surface area contributed by atoms with Crippen molar-refractivity contribution < 1.29 is 14.2 Å². The van der Waals surface area contributed by atoms with Gasteiger partial charge in [-0.2, -0.15) is 0 Å². The van der Waals surface area contributed by atoms with Crippen LogP contribution in [0.15, 0.2) is 18.5 Å². The van der Waals surface area contributed by atoms with E-state index in [4.69, 9.17) is 16.3 Å². The molecule has 2 nitrogen and oxygen atoms in total. The molecule has 0 saturated carbocycles. The first-order valence-corrected chi connectivity index (χ1v) is 8.46. The second-order valence-electron chi connectivity index (χ2n) is 6.19. The van der Waals surface area contributed by atoms with Crippen molar-refractivity contribution in [3.8, 4) is 0 Å². The van der Waals surface area contributed by atoms with E-state index in [2.05, 4.69) is 27.4 Å². The fraction of sp³-hybridized carbons (Fsp3) is 0.625. The molecule has 2 rings (SSSR count). The Morgan fingerprint density at radius 1 is 1.62 bits per heavy atom. The van der Waals surface area contributed by atoms with Crippen LogP contribution in [-0.2, 0) is 15.9 Å². The van der Waals surface area contributed by atoms with Gasteiger partial charge in [0.2, 0.25) is 0 Å².